The van der Waals surface area contributed by atoms with Gasteiger partial charge in [-0.3, -0.25) is 9.59 Å². The normalized spacial score (nSPS) is 12.3. The molecule has 2 rings (SSSR count). The largest absolute Gasteiger partial charge is 0.350 e. The van der Waals surface area contributed by atoms with E-state index in [1.54, 1.807) is 4.90 Å². The van der Waals surface area contributed by atoms with Gasteiger partial charge in [0.2, 0.25) is 11.8 Å². The molecule has 0 aliphatic carbocycles. The third-order valence-electron chi connectivity index (χ3n) is 4.52. The summed E-state index contributed by atoms with van der Waals surface area (Å²) in [5.41, 5.74) is 2.76. The van der Waals surface area contributed by atoms with Crippen molar-refractivity contribution in [1.82, 2.24) is 10.2 Å². The van der Waals surface area contributed by atoms with Crippen LogP contribution in [0.5, 0.6) is 0 Å². The maximum atomic E-state index is 13.2. The van der Waals surface area contributed by atoms with Crippen molar-refractivity contribution in [2.75, 3.05) is 0 Å². The molecule has 0 aliphatic rings. The lowest BCUT2D eigenvalue weighted by Crippen LogP contribution is -2.53. The van der Waals surface area contributed by atoms with Crippen LogP contribution in [0, 0.1) is 6.92 Å². The summed E-state index contributed by atoms with van der Waals surface area (Å²) in [6.07, 6.45) is 0.849. The van der Waals surface area contributed by atoms with Crippen LogP contribution in [0.2, 0.25) is 0 Å². The molecule has 0 heterocycles. The fourth-order valence-corrected chi connectivity index (χ4v) is 3.25. The summed E-state index contributed by atoms with van der Waals surface area (Å²) in [7, 11) is 0. The third kappa shape index (κ3) is 6.52. The molecule has 0 spiro atoms. The van der Waals surface area contributed by atoms with Gasteiger partial charge in [-0.2, -0.15) is 0 Å². The fraction of sp³-hybridized carbons (Fsp3) is 0.417. The van der Waals surface area contributed by atoms with E-state index in [-0.39, 0.29) is 23.8 Å². The van der Waals surface area contributed by atoms with Crippen LogP contribution in [0.1, 0.15) is 50.8 Å². The van der Waals surface area contributed by atoms with Crippen LogP contribution in [-0.4, -0.2) is 28.3 Å². The molecule has 1 atom stereocenters. The van der Waals surface area contributed by atoms with Crippen LogP contribution in [0.25, 0.3) is 0 Å². The molecule has 1 N–H and O–H groups in total. The molecule has 28 heavy (non-hydrogen) atoms. The van der Waals surface area contributed by atoms with Gasteiger partial charge in [0.1, 0.15) is 6.04 Å². The van der Waals surface area contributed by atoms with Gasteiger partial charge in [0, 0.05) is 12.1 Å². The van der Waals surface area contributed by atoms with Crippen LogP contribution < -0.4 is 5.32 Å². The van der Waals surface area contributed by atoms with Crippen LogP contribution >= 0.6 is 0 Å². The Balaban J connectivity index is 2.28. The zero-order valence-corrected chi connectivity index (χ0v) is 17.7. The lowest BCUT2D eigenvalue weighted by Gasteiger charge is -2.33. The molecule has 0 saturated heterocycles. The highest BCUT2D eigenvalue weighted by Crippen LogP contribution is 2.16. The van der Waals surface area contributed by atoms with Crippen molar-refractivity contribution in [2.45, 2.75) is 65.6 Å². The second-order valence-electron chi connectivity index (χ2n) is 8.34. The van der Waals surface area contributed by atoms with E-state index in [9.17, 15) is 9.59 Å². The second-order valence-corrected chi connectivity index (χ2v) is 8.34. The summed E-state index contributed by atoms with van der Waals surface area (Å²) in [6, 6.07) is 17.3. The molecule has 4 heteroatoms. The SMILES string of the molecule is CCC(C(=O)NC(C)(C)C)N(Cc1ccccc1)C(=O)Cc1cccc(C)c1. The molecule has 2 aromatic rings. The highest BCUT2D eigenvalue weighted by molar-refractivity contribution is 5.88. The molecule has 2 aromatic carbocycles. The van der Waals surface area contributed by atoms with Gasteiger partial charge in [0.25, 0.3) is 0 Å². The fourth-order valence-electron chi connectivity index (χ4n) is 3.25. The lowest BCUT2D eigenvalue weighted by molar-refractivity contribution is -0.141. The van der Waals surface area contributed by atoms with E-state index >= 15 is 0 Å². The molecule has 4 nitrogen and oxygen atoms in total. The number of carbonyl (C=O) groups is 2. The Morgan fingerprint density at radius 1 is 1.00 bits per heavy atom. The maximum Gasteiger partial charge on any atom is 0.243 e. The summed E-state index contributed by atoms with van der Waals surface area (Å²) in [4.78, 5) is 27.9. The van der Waals surface area contributed by atoms with Crippen LogP contribution in [0.15, 0.2) is 54.6 Å². The minimum Gasteiger partial charge on any atom is -0.350 e. The number of nitrogens with zero attached hydrogens (tertiary/aromatic N) is 1. The number of benzene rings is 2. The molecular formula is C24H32N2O2. The minimum atomic E-state index is -0.503. The quantitative estimate of drug-likeness (QED) is 0.780. The third-order valence-corrected chi connectivity index (χ3v) is 4.52. The van der Waals surface area contributed by atoms with Gasteiger partial charge in [0.05, 0.1) is 6.42 Å². The standard InChI is InChI=1S/C24H32N2O2/c1-6-21(23(28)25-24(3,4)5)26(17-19-12-8-7-9-13-19)22(27)16-20-14-10-11-18(2)15-20/h7-15,21H,6,16-17H2,1-5H3,(H,25,28). The molecular weight excluding hydrogens is 348 g/mol. The monoisotopic (exact) mass is 380 g/mol. The first-order valence-corrected chi connectivity index (χ1v) is 9.90. The number of nitrogens with one attached hydrogen (secondary N) is 1. The van der Waals surface area contributed by atoms with Gasteiger partial charge in [-0.05, 0) is 45.2 Å². The van der Waals surface area contributed by atoms with E-state index in [4.69, 9.17) is 0 Å². The van der Waals surface area contributed by atoms with E-state index in [0.717, 1.165) is 16.7 Å². The Bertz CT molecular complexity index is 794. The molecule has 0 saturated carbocycles. The van der Waals surface area contributed by atoms with Gasteiger partial charge in [-0.25, -0.2) is 0 Å². The molecule has 1 unspecified atom stereocenters. The van der Waals surface area contributed by atoms with Crippen molar-refractivity contribution >= 4 is 11.8 Å². The molecule has 150 valence electrons. The van der Waals surface area contributed by atoms with E-state index in [2.05, 4.69) is 5.32 Å². The van der Waals surface area contributed by atoms with Crippen molar-refractivity contribution in [3.8, 4) is 0 Å². The van der Waals surface area contributed by atoms with Crippen molar-refractivity contribution in [3.05, 3.63) is 71.3 Å². The predicted octanol–water partition coefficient (Wildman–Crippen LogP) is 4.26. The first-order valence-electron chi connectivity index (χ1n) is 9.90. The van der Waals surface area contributed by atoms with Crippen molar-refractivity contribution in [3.63, 3.8) is 0 Å². The lowest BCUT2D eigenvalue weighted by atomic mass is 10.0. The summed E-state index contributed by atoms with van der Waals surface area (Å²) in [5, 5.41) is 3.03. The van der Waals surface area contributed by atoms with E-state index in [1.807, 2.05) is 89.2 Å². The molecule has 0 aliphatic heterocycles. The van der Waals surface area contributed by atoms with E-state index in [1.165, 1.54) is 0 Å². The molecule has 0 fully saturated rings. The Kier molecular flexibility index (Phi) is 7.38. The average Bonchev–Trinajstić information content (AvgIpc) is 2.61. The topological polar surface area (TPSA) is 49.4 Å². The Morgan fingerprint density at radius 3 is 2.21 bits per heavy atom. The summed E-state index contributed by atoms with van der Waals surface area (Å²) in [5.74, 6) is -0.145. The minimum absolute atomic E-state index is 0.0367. The first-order chi connectivity index (χ1) is 13.2. The molecule has 0 bridgehead atoms. The number of amides is 2. The first kappa shape index (κ1) is 21.7. The Morgan fingerprint density at radius 2 is 1.64 bits per heavy atom. The highest BCUT2D eigenvalue weighted by atomic mass is 16.2. The number of rotatable bonds is 7. The average molecular weight is 381 g/mol. The van der Waals surface area contributed by atoms with Gasteiger partial charge < -0.3 is 10.2 Å². The summed E-state index contributed by atoms with van der Waals surface area (Å²) < 4.78 is 0. The van der Waals surface area contributed by atoms with Gasteiger partial charge in [-0.1, -0.05) is 67.1 Å². The number of hydrogen-bond donors (Lipinski definition) is 1. The van der Waals surface area contributed by atoms with Crippen LogP contribution in [0.3, 0.4) is 0 Å². The summed E-state index contributed by atoms with van der Waals surface area (Å²) >= 11 is 0. The second kappa shape index (κ2) is 9.54. The van der Waals surface area contributed by atoms with E-state index in [0.29, 0.717) is 13.0 Å². The van der Waals surface area contributed by atoms with Gasteiger partial charge >= 0.3 is 0 Å². The zero-order chi connectivity index (χ0) is 20.7. The number of aryl methyl sites for hydroxylation is 1. The van der Waals surface area contributed by atoms with Crippen molar-refractivity contribution in [2.24, 2.45) is 0 Å². The smallest absolute Gasteiger partial charge is 0.243 e. The highest BCUT2D eigenvalue weighted by Gasteiger charge is 2.30. The Labute approximate surface area is 169 Å². The van der Waals surface area contributed by atoms with Crippen LogP contribution in [0.4, 0.5) is 0 Å². The van der Waals surface area contributed by atoms with Crippen LogP contribution in [-0.2, 0) is 22.6 Å². The van der Waals surface area contributed by atoms with E-state index < -0.39 is 6.04 Å². The number of carbonyl (C=O) groups excluding carboxylic acids is 2. The Hall–Kier alpha value is -2.62. The summed E-state index contributed by atoms with van der Waals surface area (Å²) in [6.45, 7) is 10.2. The number of hydrogen-bond acceptors (Lipinski definition) is 2. The van der Waals surface area contributed by atoms with Crippen molar-refractivity contribution < 1.29 is 9.59 Å². The maximum absolute atomic E-state index is 13.2. The van der Waals surface area contributed by atoms with Gasteiger partial charge in [-0.15, -0.1) is 0 Å². The predicted molar refractivity (Wildman–Crippen MR) is 114 cm³/mol. The molecule has 0 aromatic heterocycles. The van der Waals surface area contributed by atoms with Gasteiger partial charge in [0.15, 0.2) is 0 Å². The van der Waals surface area contributed by atoms with Crippen molar-refractivity contribution in [1.29, 1.82) is 0 Å². The molecule has 2 amide bonds. The molecule has 0 radical (unpaired) electrons. The zero-order valence-electron chi connectivity index (χ0n) is 17.7.